The molecule has 0 unspecified atom stereocenters. The van der Waals surface area contributed by atoms with Crippen molar-refractivity contribution in [3.8, 4) is 0 Å². The fourth-order valence-electron chi connectivity index (χ4n) is 2.13. The molecule has 3 heterocycles. The van der Waals surface area contributed by atoms with Crippen LogP contribution in [0.15, 0.2) is 11.7 Å². The third kappa shape index (κ3) is 1.23. The lowest BCUT2D eigenvalue weighted by Gasteiger charge is -1.98. The van der Waals surface area contributed by atoms with Gasteiger partial charge in [-0.15, -0.1) is 11.3 Å². The lowest BCUT2D eigenvalue weighted by molar-refractivity contribution is -0.680. The highest BCUT2D eigenvalue weighted by atomic mass is 32.1. The second-order valence-electron chi connectivity index (χ2n) is 4.01. The Bertz CT molecular complexity index is 679. The number of aromatic nitrogens is 2. The molecular formula is C12H13N2S2+. The Morgan fingerprint density at radius 3 is 2.94 bits per heavy atom. The van der Waals surface area contributed by atoms with Gasteiger partial charge in [0, 0.05) is 6.42 Å². The molecule has 16 heavy (non-hydrogen) atoms. The maximum atomic E-state index is 4.53. The number of rotatable bonds is 1. The molecule has 0 atom stereocenters. The molecule has 82 valence electrons. The van der Waals surface area contributed by atoms with Gasteiger partial charge in [0.1, 0.15) is 5.69 Å². The molecule has 3 aromatic heterocycles. The summed E-state index contributed by atoms with van der Waals surface area (Å²) in [5.74, 6) is 0. The van der Waals surface area contributed by atoms with Gasteiger partial charge in [-0.05, 0) is 22.9 Å². The molecule has 4 heteroatoms. The van der Waals surface area contributed by atoms with Crippen molar-refractivity contribution in [3.63, 3.8) is 0 Å². The van der Waals surface area contributed by atoms with Crippen LogP contribution in [0.4, 0.5) is 0 Å². The smallest absolute Gasteiger partial charge is 0.236 e. The first-order valence-electron chi connectivity index (χ1n) is 5.36. The van der Waals surface area contributed by atoms with Gasteiger partial charge in [0.25, 0.3) is 6.33 Å². The van der Waals surface area contributed by atoms with Gasteiger partial charge in [-0.3, -0.25) is 0 Å². The van der Waals surface area contributed by atoms with Crippen molar-refractivity contribution in [3.05, 3.63) is 23.0 Å². The van der Waals surface area contributed by atoms with Gasteiger partial charge in [-0.25, -0.2) is 4.57 Å². The molecule has 0 aliphatic heterocycles. The van der Waals surface area contributed by atoms with Crippen molar-refractivity contribution in [2.75, 3.05) is 0 Å². The Kier molecular flexibility index (Phi) is 2.23. The zero-order chi connectivity index (χ0) is 11.3. The summed E-state index contributed by atoms with van der Waals surface area (Å²) in [5, 5.41) is 3.61. The van der Waals surface area contributed by atoms with Gasteiger partial charge in [0.2, 0.25) is 4.83 Å². The average molecular weight is 249 g/mol. The standard InChI is InChI=1S/C12H13N2S2/c1-4-8-9-11-10(7(2)5-15-11)16-12(9)13-6-14(8)3/h5-6H,4H2,1-3H3/q+1. The van der Waals surface area contributed by atoms with E-state index in [1.807, 2.05) is 29.0 Å². The monoisotopic (exact) mass is 249 g/mol. The Labute approximate surface area is 102 Å². The minimum atomic E-state index is 1.05. The molecule has 0 bridgehead atoms. The van der Waals surface area contributed by atoms with Gasteiger partial charge in [-0.2, -0.15) is 0 Å². The molecule has 2 nitrogen and oxygen atoms in total. The molecule has 0 fully saturated rings. The van der Waals surface area contributed by atoms with E-state index in [1.54, 1.807) is 0 Å². The quantitative estimate of drug-likeness (QED) is 0.605. The highest BCUT2D eigenvalue weighted by molar-refractivity contribution is 7.32. The lowest BCUT2D eigenvalue weighted by atomic mass is 10.2. The first-order chi connectivity index (χ1) is 7.72. The molecule has 0 aromatic carbocycles. The van der Waals surface area contributed by atoms with Crippen molar-refractivity contribution >= 4 is 42.3 Å². The van der Waals surface area contributed by atoms with Crippen LogP contribution in [-0.2, 0) is 13.5 Å². The van der Waals surface area contributed by atoms with E-state index in [-0.39, 0.29) is 0 Å². The molecule has 0 saturated heterocycles. The topological polar surface area (TPSA) is 16.8 Å². The maximum absolute atomic E-state index is 4.53. The van der Waals surface area contributed by atoms with Crippen LogP contribution in [0.5, 0.6) is 0 Å². The molecule has 3 aromatic rings. The summed E-state index contributed by atoms with van der Waals surface area (Å²) in [4.78, 5) is 5.71. The molecule has 0 N–H and O–H groups in total. The second-order valence-corrected chi connectivity index (χ2v) is 5.89. The summed E-state index contributed by atoms with van der Waals surface area (Å²) < 4.78 is 4.97. The number of hydrogen-bond donors (Lipinski definition) is 0. The summed E-state index contributed by atoms with van der Waals surface area (Å²) in [6.07, 6.45) is 2.98. The van der Waals surface area contributed by atoms with E-state index in [0.717, 1.165) is 6.42 Å². The number of thiophene rings is 2. The summed E-state index contributed by atoms with van der Waals surface area (Å²) >= 11 is 3.66. The van der Waals surface area contributed by atoms with Crippen LogP contribution in [0.3, 0.4) is 0 Å². The van der Waals surface area contributed by atoms with Crippen LogP contribution < -0.4 is 4.57 Å². The highest BCUT2D eigenvalue weighted by Crippen LogP contribution is 2.39. The van der Waals surface area contributed by atoms with Crippen molar-refractivity contribution in [2.24, 2.45) is 7.05 Å². The summed E-state index contributed by atoms with van der Waals surface area (Å²) in [5.41, 5.74) is 2.77. The average Bonchev–Trinajstić information content (AvgIpc) is 2.80. The number of aryl methyl sites for hydroxylation is 3. The first-order valence-corrected chi connectivity index (χ1v) is 7.05. The van der Waals surface area contributed by atoms with Crippen LogP contribution >= 0.6 is 22.7 Å². The van der Waals surface area contributed by atoms with Crippen LogP contribution in [0.2, 0.25) is 0 Å². The van der Waals surface area contributed by atoms with Crippen LogP contribution in [0, 0.1) is 6.92 Å². The Morgan fingerprint density at radius 2 is 2.19 bits per heavy atom. The van der Waals surface area contributed by atoms with E-state index in [9.17, 15) is 0 Å². The molecule has 0 radical (unpaired) electrons. The molecule has 0 aliphatic rings. The maximum Gasteiger partial charge on any atom is 0.287 e. The van der Waals surface area contributed by atoms with Crippen molar-refractivity contribution < 1.29 is 4.57 Å². The largest absolute Gasteiger partial charge is 0.287 e. The molecule has 3 rings (SSSR count). The molecule has 0 saturated carbocycles. The predicted molar refractivity (Wildman–Crippen MR) is 70.3 cm³/mol. The van der Waals surface area contributed by atoms with Crippen LogP contribution in [0.1, 0.15) is 18.2 Å². The Hall–Kier alpha value is -1.00. The van der Waals surface area contributed by atoms with E-state index in [4.69, 9.17) is 0 Å². The minimum absolute atomic E-state index is 1.05. The van der Waals surface area contributed by atoms with Gasteiger partial charge in [0.15, 0.2) is 0 Å². The van der Waals surface area contributed by atoms with Crippen LogP contribution in [0.25, 0.3) is 19.6 Å². The zero-order valence-electron chi connectivity index (χ0n) is 9.57. The lowest BCUT2D eigenvalue weighted by Crippen LogP contribution is -2.33. The van der Waals surface area contributed by atoms with E-state index in [1.165, 1.54) is 30.9 Å². The Balaban J connectivity index is 2.57. The number of fused-ring (bicyclic) bond motifs is 3. The van der Waals surface area contributed by atoms with Crippen molar-refractivity contribution in [1.29, 1.82) is 0 Å². The minimum Gasteiger partial charge on any atom is -0.236 e. The van der Waals surface area contributed by atoms with Crippen LogP contribution in [-0.4, -0.2) is 4.98 Å². The SMILES string of the molecule is CCc1c2c(nc[n+]1C)sc1c(C)csc12. The fourth-order valence-corrected chi connectivity index (χ4v) is 4.59. The summed E-state index contributed by atoms with van der Waals surface area (Å²) in [7, 11) is 2.08. The van der Waals surface area contributed by atoms with Crippen molar-refractivity contribution in [2.45, 2.75) is 20.3 Å². The predicted octanol–water partition coefficient (Wildman–Crippen LogP) is 3.21. The van der Waals surface area contributed by atoms with E-state index < -0.39 is 0 Å². The van der Waals surface area contributed by atoms with Gasteiger partial charge < -0.3 is 0 Å². The normalized spacial score (nSPS) is 11.7. The molecular weight excluding hydrogens is 236 g/mol. The third-order valence-corrected chi connectivity index (χ3v) is 5.43. The highest BCUT2D eigenvalue weighted by Gasteiger charge is 2.19. The van der Waals surface area contributed by atoms with Crippen molar-refractivity contribution in [1.82, 2.24) is 4.98 Å². The number of hydrogen-bond acceptors (Lipinski definition) is 3. The van der Waals surface area contributed by atoms with E-state index >= 15 is 0 Å². The Morgan fingerprint density at radius 1 is 1.38 bits per heavy atom. The third-order valence-electron chi connectivity index (χ3n) is 2.96. The first kappa shape index (κ1) is 10.2. The van der Waals surface area contributed by atoms with Gasteiger partial charge in [-0.1, -0.05) is 18.3 Å². The summed E-state index contributed by atoms with van der Waals surface area (Å²) in [6, 6.07) is 0. The molecule has 0 aliphatic carbocycles. The van der Waals surface area contributed by atoms with E-state index in [2.05, 4.69) is 35.8 Å². The molecule has 0 amide bonds. The number of nitrogens with zero attached hydrogens (tertiary/aromatic N) is 2. The summed E-state index contributed by atoms with van der Waals surface area (Å²) in [6.45, 7) is 4.39. The fraction of sp³-hybridized carbons (Fsp3) is 0.333. The second kappa shape index (κ2) is 3.50. The van der Waals surface area contributed by atoms with Gasteiger partial charge in [0.05, 0.1) is 21.8 Å². The van der Waals surface area contributed by atoms with Gasteiger partial charge >= 0.3 is 0 Å². The molecule has 0 spiro atoms. The zero-order valence-corrected chi connectivity index (χ0v) is 11.2. The van der Waals surface area contributed by atoms with E-state index in [0.29, 0.717) is 0 Å².